The summed E-state index contributed by atoms with van der Waals surface area (Å²) in [6, 6.07) is 4.75. The van der Waals surface area contributed by atoms with Crippen molar-refractivity contribution in [1.29, 1.82) is 0 Å². The first-order valence-electron chi connectivity index (χ1n) is 6.11. The van der Waals surface area contributed by atoms with Crippen molar-refractivity contribution in [1.82, 2.24) is 5.32 Å². The van der Waals surface area contributed by atoms with E-state index in [1.807, 2.05) is 0 Å². The Hall–Kier alpha value is -0.680. The van der Waals surface area contributed by atoms with E-state index in [0.29, 0.717) is 18.2 Å². The third-order valence-electron chi connectivity index (χ3n) is 3.15. The summed E-state index contributed by atoms with van der Waals surface area (Å²) in [5, 5.41) is 13.3. The fraction of sp³-hybridized carbons (Fsp3) is 0.538. The summed E-state index contributed by atoms with van der Waals surface area (Å²) < 4.78 is 18.5. The number of benzene rings is 1. The Morgan fingerprint density at radius 1 is 1.44 bits per heavy atom. The summed E-state index contributed by atoms with van der Waals surface area (Å²) in [7, 11) is 0. The first kappa shape index (κ1) is 13.7. The quantitative estimate of drug-likeness (QED) is 0.884. The number of nitrogens with one attached hydrogen (secondary N) is 1. The van der Waals surface area contributed by atoms with Gasteiger partial charge < -0.3 is 15.2 Å². The molecule has 5 heteroatoms. The Balaban J connectivity index is 1.86. The van der Waals surface area contributed by atoms with Crippen molar-refractivity contribution in [2.45, 2.75) is 25.0 Å². The van der Waals surface area contributed by atoms with Gasteiger partial charge in [-0.05, 0) is 30.5 Å². The molecule has 2 N–H and O–H groups in total. The minimum Gasteiger partial charge on any atom is -0.387 e. The molecule has 100 valence electrons. The molecular weight excluding hydrogens is 257 g/mol. The number of halogens is 2. The highest BCUT2D eigenvalue weighted by Gasteiger charge is 2.16. The molecule has 1 atom stereocenters. The van der Waals surface area contributed by atoms with Crippen LogP contribution in [0.25, 0.3) is 0 Å². The predicted octanol–water partition coefficient (Wildman–Crippen LogP) is 2.28. The van der Waals surface area contributed by atoms with Crippen molar-refractivity contribution >= 4 is 11.6 Å². The summed E-state index contributed by atoms with van der Waals surface area (Å²) in [6.07, 6.45) is 1.17. The zero-order chi connectivity index (χ0) is 13.0. The Labute approximate surface area is 111 Å². The molecule has 1 aliphatic rings. The number of rotatable bonds is 4. The third-order valence-corrected chi connectivity index (χ3v) is 3.46. The Bertz CT molecular complexity index is 397. The van der Waals surface area contributed by atoms with Crippen LogP contribution in [-0.2, 0) is 4.74 Å². The molecule has 1 aromatic carbocycles. The van der Waals surface area contributed by atoms with E-state index in [2.05, 4.69) is 5.32 Å². The van der Waals surface area contributed by atoms with Gasteiger partial charge in [0, 0.05) is 25.8 Å². The average molecular weight is 274 g/mol. The van der Waals surface area contributed by atoms with Crippen molar-refractivity contribution < 1.29 is 14.2 Å². The lowest BCUT2D eigenvalue weighted by Gasteiger charge is -2.24. The molecule has 1 fully saturated rings. The van der Waals surface area contributed by atoms with E-state index < -0.39 is 11.9 Å². The lowest BCUT2D eigenvalue weighted by atomic mass is 10.1. The van der Waals surface area contributed by atoms with Gasteiger partial charge in [-0.25, -0.2) is 4.39 Å². The van der Waals surface area contributed by atoms with Crippen LogP contribution in [0.1, 0.15) is 24.5 Å². The van der Waals surface area contributed by atoms with Gasteiger partial charge in [-0.15, -0.1) is 0 Å². The van der Waals surface area contributed by atoms with Crippen LogP contribution in [0.4, 0.5) is 4.39 Å². The standard InChI is InChI=1S/C13H17ClFNO2/c14-11-2-1-9(7-12(11)15)13(17)8-16-10-3-5-18-6-4-10/h1-2,7,10,13,16-17H,3-6,8H2/t13-/m0/s1. The Kier molecular flexibility index (Phi) is 4.95. The van der Waals surface area contributed by atoms with Gasteiger partial charge in [0.15, 0.2) is 0 Å². The zero-order valence-electron chi connectivity index (χ0n) is 10.0. The molecule has 0 aliphatic carbocycles. The van der Waals surface area contributed by atoms with E-state index in [1.54, 1.807) is 6.07 Å². The first-order valence-corrected chi connectivity index (χ1v) is 6.49. The van der Waals surface area contributed by atoms with E-state index in [4.69, 9.17) is 16.3 Å². The molecule has 0 spiro atoms. The minimum absolute atomic E-state index is 0.0725. The van der Waals surface area contributed by atoms with E-state index in [1.165, 1.54) is 12.1 Å². The number of ether oxygens (including phenoxy) is 1. The van der Waals surface area contributed by atoms with E-state index in [9.17, 15) is 9.50 Å². The summed E-state index contributed by atoms with van der Waals surface area (Å²) in [5.74, 6) is -0.501. The fourth-order valence-corrected chi connectivity index (χ4v) is 2.14. The van der Waals surface area contributed by atoms with Gasteiger partial charge in [0.05, 0.1) is 11.1 Å². The van der Waals surface area contributed by atoms with Crippen LogP contribution in [0, 0.1) is 5.82 Å². The topological polar surface area (TPSA) is 41.5 Å². The second-order valence-corrected chi connectivity index (χ2v) is 4.89. The molecule has 0 saturated carbocycles. The van der Waals surface area contributed by atoms with Crippen LogP contribution in [0.2, 0.25) is 5.02 Å². The normalized spacial score (nSPS) is 18.8. The zero-order valence-corrected chi connectivity index (χ0v) is 10.8. The molecule has 0 aromatic heterocycles. The number of hydrogen-bond acceptors (Lipinski definition) is 3. The van der Waals surface area contributed by atoms with E-state index in [-0.39, 0.29) is 5.02 Å². The third kappa shape index (κ3) is 3.65. The van der Waals surface area contributed by atoms with Crippen LogP contribution >= 0.6 is 11.6 Å². The molecule has 3 nitrogen and oxygen atoms in total. The predicted molar refractivity (Wildman–Crippen MR) is 68.2 cm³/mol. The summed E-state index contributed by atoms with van der Waals surface area (Å²) in [5.41, 5.74) is 0.538. The molecule has 18 heavy (non-hydrogen) atoms. The molecule has 1 saturated heterocycles. The van der Waals surface area contributed by atoms with Crippen molar-refractivity contribution in [3.05, 3.63) is 34.6 Å². The van der Waals surface area contributed by atoms with Crippen molar-refractivity contribution in [3.8, 4) is 0 Å². The molecule has 0 amide bonds. The van der Waals surface area contributed by atoms with Crippen LogP contribution < -0.4 is 5.32 Å². The second-order valence-electron chi connectivity index (χ2n) is 4.48. The Morgan fingerprint density at radius 2 is 2.17 bits per heavy atom. The highest BCUT2D eigenvalue weighted by atomic mass is 35.5. The summed E-state index contributed by atoms with van der Waals surface area (Å²) in [4.78, 5) is 0. The number of aliphatic hydroxyl groups excluding tert-OH is 1. The van der Waals surface area contributed by atoms with Gasteiger partial charge >= 0.3 is 0 Å². The Morgan fingerprint density at radius 3 is 2.83 bits per heavy atom. The fourth-order valence-electron chi connectivity index (χ4n) is 2.02. The largest absolute Gasteiger partial charge is 0.387 e. The van der Waals surface area contributed by atoms with Gasteiger partial charge in [-0.3, -0.25) is 0 Å². The van der Waals surface area contributed by atoms with Crippen LogP contribution in [0.3, 0.4) is 0 Å². The van der Waals surface area contributed by atoms with Gasteiger partial charge in [0.1, 0.15) is 5.82 Å². The lowest BCUT2D eigenvalue weighted by Crippen LogP contribution is -2.37. The summed E-state index contributed by atoms with van der Waals surface area (Å²) in [6.45, 7) is 1.92. The van der Waals surface area contributed by atoms with Gasteiger partial charge in [0.2, 0.25) is 0 Å². The maximum Gasteiger partial charge on any atom is 0.142 e. The second kappa shape index (κ2) is 6.48. The number of hydrogen-bond donors (Lipinski definition) is 2. The van der Waals surface area contributed by atoms with Gasteiger partial charge in [-0.1, -0.05) is 17.7 Å². The van der Waals surface area contributed by atoms with Crippen LogP contribution in [-0.4, -0.2) is 30.9 Å². The van der Waals surface area contributed by atoms with E-state index in [0.717, 1.165) is 26.1 Å². The highest BCUT2D eigenvalue weighted by Crippen LogP contribution is 2.20. The molecule has 2 rings (SSSR count). The lowest BCUT2D eigenvalue weighted by molar-refractivity contribution is 0.0724. The molecule has 1 aliphatic heterocycles. The molecule has 0 bridgehead atoms. The molecule has 1 heterocycles. The maximum atomic E-state index is 13.3. The maximum absolute atomic E-state index is 13.3. The number of aliphatic hydroxyl groups is 1. The monoisotopic (exact) mass is 273 g/mol. The van der Waals surface area contributed by atoms with Gasteiger partial charge in [-0.2, -0.15) is 0 Å². The van der Waals surface area contributed by atoms with Crippen LogP contribution in [0.5, 0.6) is 0 Å². The molecule has 1 aromatic rings. The van der Waals surface area contributed by atoms with E-state index >= 15 is 0 Å². The molecular formula is C13H17ClFNO2. The van der Waals surface area contributed by atoms with Crippen LogP contribution in [0.15, 0.2) is 18.2 Å². The smallest absolute Gasteiger partial charge is 0.142 e. The minimum atomic E-state index is -0.723. The van der Waals surface area contributed by atoms with Gasteiger partial charge in [0.25, 0.3) is 0 Å². The molecule has 0 radical (unpaired) electrons. The highest BCUT2D eigenvalue weighted by molar-refractivity contribution is 6.30. The van der Waals surface area contributed by atoms with Crippen molar-refractivity contribution in [3.63, 3.8) is 0 Å². The van der Waals surface area contributed by atoms with Crippen molar-refractivity contribution in [2.75, 3.05) is 19.8 Å². The SMILES string of the molecule is O[C@@H](CNC1CCOCC1)c1ccc(Cl)c(F)c1. The first-order chi connectivity index (χ1) is 8.66. The average Bonchev–Trinajstić information content (AvgIpc) is 2.40. The molecule has 0 unspecified atom stereocenters. The van der Waals surface area contributed by atoms with Crippen molar-refractivity contribution in [2.24, 2.45) is 0 Å². The summed E-state index contributed by atoms with van der Waals surface area (Å²) >= 11 is 5.60.